The summed E-state index contributed by atoms with van der Waals surface area (Å²) in [6.45, 7) is 0. The highest BCUT2D eigenvalue weighted by atomic mass is 32.1. The summed E-state index contributed by atoms with van der Waals surface area (Å²) in [6, 6.07) is 5.80. The highest BCUT2D eigenvalue weighted by molar-refractivity contribution is 7.80. The average molecular weight is 410 g/mol. The summed E-state index contributed by atoms with van der Waals surface area (Å²) in [7, 11) is 0. The lowest BCUT2D eigenvalue weighted by Gasteiger charge is -2.14. The molecule has 2 aromatic carbocycles. The molecule has 0 saturated carbocycles. The molecule has 0 fully saturated rings. The molecule has 0 aliphatic heterocycles. The predicted octanol–water partition coefficient (Wildman–Crippen LogP) is 4.99. The monoisotopic (exact) mass is 410 g/mol. The van der Waals surface area contributed by atoms with Crippen molar-refractivity contribution >= 4 is 28.9 Å². The molecule has 1 amide bonds. The first-order valence-corrected chi connectivity index (χ1v) is 7.45. The number of anilines is 1. The Labute approximate surface area is 153 Å². The van der Waals surface area contributed by atoms with E-state index in [1.807, 2.05) is 5.32 Å². The van der Waals surface area contributed by atoms with E-state index < -0.39 is 51.6 Å². The number of alkyl halides is 6. The van der Waals surface area contributed by atoms with Crippen molar-refractivity contribution < 1.29 is 35.5 Å². The maximum Gasteiger partial charge on any atom is 0.419 e. The molecular weight excluding hydrogens is 401 g/mol. The first-order valence-electron chi connectivity index (χ1n) is 7.05. The fraction of sp³-hybridized carbons (Fsp3) is 0.125. The molecule has 11 heteroatoms. The molecular formula is C16H9F7N2OS. The van der Waals surface area contributed by atoms with Gasteiger partial charge in [0.1, 0.15) is 0 Å². The van der Waals surface area contributed by atoms with Crippen LogP contribution >= 0.6 is 12.2 Å². The van der Waals surface area contributed by atoms with Crippen LogP contribution in [0.2, 0.25) is 0 Å². The van der Waals surface area contributed by atoms with Gasteiger partial charge in [-0.25, -0.2) is 4.39 Å². The summed E-state index contributed by atoms with van der Waals surface area (Å²) in [5.74, 6) is -2.69. The van der Waals surface area contributed by atoms with E-state index in [0.717, 1.165) is 30.3 Å². The molecule has 144 valence electrons. The van der Waals surface area contributed by atoms with Crippen molar-refractivity contribution in [1.29, 1.82) is 0 Å². The molecule has 27 heavy (non-hydrogen) atoms. The van der Waals surface area contributed by atoms with E-state index in [1.165, 1.54) is 0 Å². The van der Waals surface area contributed by atoms with Crippen LogP contribution in [0.1, 0.15) is 21.5 Å². The minimum absolute atomic E-state index is 0.390. The number of amides is 1. The van der Waals surface area contributed by atoms with E-state index in [9.17, 15) is 35.5 Å². The second-order valence-corrected chi connectivity index (χ2v) is 5.56. The number of carbonyl (C=O) groups excluding carboxylic acids is 1. The number of hydrogen-bond donors (Lipinski definition) is 2. The van der Waals surface area contributed by atoms with E-state index in [2.05, 4.69) is 5.32 Å². The highest BCUT2D eigenvalue weighted by Crippen LogP contribution is 2.34. The van der Waals surface area contributed by atoms with Crippen LogP contribution in [0.4, 0.5) is 36.4 Å². The largest absolute Gasteiger partial charge is 0.419 e. The van der Waals surface area contributed by atoms with Gasteiger partial charge in [0.15, 0.2) is 10.9 Å². The van der Waals surface area contributed by atoms with Crippen molar-refractivity contribution in [2.24, 2.45) is 0 Å². The molecule has 0 aliphatic carbocycles. The maximum atomic E-state index is 13.9. The Morgan fingerprint density at radius 3 is 2.15 bits per heavy atom. The zero-order valence-corrected chi connectivity index (χ0v) is 13.8. The Balaban J connectivity index is 2.14. The van der Waals surface area contributed by atoms with Crippen LogP contribution in [0.5, 0.6) is 0 Å². The van der Waals surface area contributed by atoms with Gasteiger partial charge >= 0.3 is 12.4 Å². The Morgan fingerprint density at radius 2 is 1.56 bits per heavy atom. The van der Waals surface area contributed by atoms with Gasteiger partial charge in [-0.3, -0.25) is 10.1 Å². The molecule has 0 saturated heterocycles. The van der Waals surface area contributed by atoms with Crippen molar-refractivity contribution in [3.8, 4) is 0 Å². The summed E-state index contributed by atoms with van der Waals surface area (Å²) in [5, 5.41) is 3.46. The lowest BCUT2D eigenvalue weighted by Crippen LogP contribution is -2.34. The number of nitrogens with one attached hydrogen (secondary N) is 2. The lowest BCUT2D eigenvalue weighted by molar-refractivity contribution is -0.140. The normalized spacial score (nSPS) is 11.8. The van der Waals surface area contributed by atoms with Gasteiger partial charge in [0.2, 0.25) is 0 Å². The van der Waals surface area contributed by atoms with Crippen LogP contribution < -0.4 is 10.6 Å². The van der Waals surface area contributed by atoms with Gasteiger partial charge in [0, 0.05) is 5.56 Å². The SMILES string of the molecule is O=C(NC(=S)Nc1cccc(C(F)(F)F)c1F)c1cccc(C(F)(F)F)c1. The number of halogens is 7. The number of carbonyl (C=O) groups is 1. The van der Waals surface area contributed by atoms with Crippen LogP contribution in [-0.2, 0) is 12.4 Å². The van der Waals surface area contributed by atoms with E-state index in [4.69, 9.17) is 12.2 Å². The molecule has 0 aliphatic rings. The molecule has 0 heterocycles. The molecule has 0 atom stereocenters. The van der Waals surface area contributed by atoms with Crippen molar-refractivity contribution in [2.75, 3.05) is 5.32 Å². The molecule has 0 radical (unpaired) electrons. The van der Waals surface area contributed by atoms with E-state index >= 15 is 0 Å². The molecule has 0 unspecified atom stereocenters. The topological polar surface area (TPSA) is 41.1 Å². The van der Waals surface area contributed by atoms with Crippen LogP contribution in [0.3, 0.4) is 0 Å². The second kappa shape index (κ2) is 7.51. The van der Waals surface area contributed by atoms with Gasteiger partial charge in [-0.2, -0.15) is 26.3 Å². The van der Waals surface area contributed by atoms with Crippen LogP contribution in [-0.4, -0.2) is 11.0 Å². The molecule has 2 N–H and O–H groups in total. The molecule has 3 nitrogen and oxygen atoms in total. The third-order valence-electron chi connectivity index (χ3n) is 3.23. The van der Waals surface area contributed by atoms with Gasteiger partial charge in [-0.05, 0) is 42.5 Å². The minimum atomic E-state index is -4.94. The number of rotatable bonds is 2. The van der Waals surface area contributed by atoms with Gasteiger partial charge < -0.3 is 5.32 Å². The first kappa shape index (κ1) is 20.6. The van der Waals surface area contributed by atoms with Crippen molar-refractivity contribution in [3.05, 3.63) is 65.0 Å². The molecule has 2 rings (SSSR count). The van der Waals surface area contributed by atoms with Crippen molar-refractivity contribution in [2.45, 2.75) is 12.4 Å². The Morgan fingerprint density at radius 1 is 0.926 bits per heavy atom. The molecule has 0 spiro atoms. The summed E-state index contributed by atoms with van der Waals surface area (Å²) in [5.41, 5.74) is -3.66. The van der Waals surface area contributed by atoms with Gasteiger partial charge in [-0.1, -0.05) is 12.1 Å². The fourth-order valence-electron chi connectivity index (χ4n) is 2.01. The third kappa shape index (κ3) is 5.16. The molecule has 0 bridgehead atoms. The quantitative estimate of drug-likeness (QED) is 0.542. The fourth-order valence-corrected chi connectivity index (χ4v) is 2.22. The standard InChI is InChI=1S/C16H9F7N2OS/c17-12-10(16(21,22)23)5-2-6-11(12)24-14(27)25-13(26)8-3-1-4-9(7-8)15(18,19)20/h1-7H,(H2,24,25,26,27). The highest BCUT2D eigenvalue weighted by Gasteiger charge is 2.35. The van der Waals surface area contributed by atoms with Crippen LogP contribution in [0.15, 0.2) is 42.5 Å². The third-order valence-corrected chi connectivity index (χ3v) is 3.44. The molecule has 0 aromatic heterocycles. The van der Waals surface area contributed by atoms with E-state index in [0.29, 0.717) is 12.1 Å². The number of hydrogen-bond acceptors (Lipinski definition) is 2. The maximum absolute atomic E-state index is 13.9. The first-order chi connectivity index (χ1) is 12.4. The Kier molecular flexibility index (Phi) is 5.73. The summed E-state index contributed by atoms with van der Waals surface area (Å²) in [6.07, 6.45) is -9.61. The van der Waals surface area contributed by atoms with Crippen LogP contribution in [0.25, 0.3) is 0 Å². The average Bonchev–Trinajstić information content (AvgIpc) is 2.55. The van der Waals surface area contributed by atoms with Gasteiger partial charge in [-0.15, -0.1) is 0 Å². The minimum Gasteiger partial charge on any atom is -0.330 e. The number of thiocarbonyl (C=S) groups is 1. The second-order valence-electron chi connectivity index (χ2n) is 5.15. The van der Waals surface area contributed by atoms with Gasteiger partial charge in [0.25, 0.3) is 5.91 Å². The van der Waals surface area contributed by atoms with Gasteiger partial charge in [0.05, 0.1) is 16.8 Å². The van der Waals surface area contributed by atoms with Crippen molar-refractivity contribution in [1.82, 2.24) is 5.32 Å². The Bertz CT molecular complexity index is 878. The lowest BCUT2D eigenvalue weighted by atomic mass is 10.1. The number of benzene rings is 2. The molecule has 2 aromatic rings. The summed E-state index contributed by atoms with van der Waals surface area (Å²) in [4.78, 5) is 12.0. The Hall–Kier alpha value is -2.69. The van der Waals surface area contributed by atoms with Crippen LogP contribution in [0, 0.1) is 5.82 Å². The summed E-state index contributed by atoms with van der Waals surface area (Å²) >= 11 is 4.70. The van der Waals surface area contributed by atoms with Crippen molar-refractivity contribution in [3.63, 3.8) is 0 Å². The van der Waals surface area contributed by atoms with E-state index in [-0.39, 0.29) is 0 Å². The summed E-state index contributed by atoms with van der Waals surface area (Å²) < 4.78 is 89.9. The zero-order valence-electron chi connectivity index (χ0n) is 13.0. The zero-order chi connectivity index (χ0) is 20.4. The smallest absolute Gasteiger partial charge is 0.330 e. The predicted molar refractivity (Wildman–Crippen MR) is 86.5 cm³/mol. The van der Waals surface area contributed by atoms with E-state index in [1.54, 1.807) is 0 Å².